The monoisotopic (exact) mass is 1370 g/mol. The minimum absolute atomic E-state index is 0.0965. The first kappa shape index (κ1) is 65.7. The highest BCUT2D eigenvalue weighted by atomic mass is 19.1. The van der Waals surface area contributed by atoms with Crippen LogP contribution < -0.4 is 19.3 Å². The van der Waals surface area contributed by atoms with E-state index in [4.69, 9.17) is 13.9 Å². The lowest BCUT2D eigenvalue weighted by Gasteiger charge is -2.35. The first-order chi connectivity index (χ1) is 51.0. The van der Waals surface area contributed by atoms with Crippen molar-refractivity contribution >= 4 is 68.2 Å². The summed E-state index contributed by atoms with van der Waals surface area (Å²) in [6.45, 7) is 21.4. The van der Waals surface area contributed by atoms with Crippen molar-refractivity contribution in [3.63, 3.8) is 0 Å². The summed E-state index contributed by atoms with van der Waals surface area (Å²) in [5, 5.41) is 1.64. The van der Waals surface area contributed by atoms with Gasteiger partial charge >= 0.3 is 0 Å². The Morgan fingerprint density at radius 1 is 0.324 bits per heavy atom. The molecule has 0 N–H and O–H groups in total. The van der Waals surface area contributed by atoms with Gasteiger partial charge in [-0.1, -0.05) is 237 Å². The average molecular weight is 1370 g/mol. The van der Waals surface area contributed by atoms with Crippen LogP contribution in [0.2, 0.25) is 0 Å². The Bertz CT molecular complexity index is 5470. The molecule has 1 heterocycles. The average Bonchev–Trinajstić information content (AvgIpc) is 1.55. The van der Waals surface area contributed by atoms with Crippen molar-refractivity contribution < 1.29 is 22.7 Å². The number of anilines is 6. The zero-order valence-electron chi connectivity index (χ0n) is 59.5. The minimum atomic E-state index is -0.838. The third kappa shape index (κ3) is 11.2. The molecule has 0 spiro atoms. The number of benzene rings is 14. The maximum absolute atomic E-state index is 15.6. The van der Waals surface area contributed by atoms with Crippen LogP contribution >= 0.6 is 0 Å². The predicted octanol–water partition coefficient (Wildman–Crippen LogP) is 27.0. The first-order valence-electron chi connectivity index (χ1n) is 35.8. The van der Waals surface area contributed by atoms with Gasteiger partial charge in [-0.2, -0.15) is 0 Å². The topological polar surface area (TPSA) is 38.1 Å². The summed E-state index contributed by atoms with van der Waals surface area (Å²) in [6.07, 6.45) is 3.65. The minimum Gasteiger partial charge on any atom is -0.457 e. The lowest BCUT2D eigenvalue weighted by Crippen LogP contribution is -2.29. The van der Waals surface area contributed by atoms with Gasteiger partial charge in [0.1, 0.15) is 45.8 Å². The molecule has 105 heavy (non-hydrogen) atoms. The second kappa shape index (κ2) is 25.7. The van der Waals surface area contributed by atoms with E-state index in [0.717, 1.165) is 134 Å². The van der Waals surface area contributed by atoms with Gasteiger partial charge in [-0.05, 0) is 245 Å². The number of nitrogens with zero attached hydrogens (tertiary/aromatic N) is 2. The van der Waals surface area contributed by atoms with Crippen molar-refractivity contribution in [1.29, 1.82) is 0 Å². The van der Waals surface area contributed by atoms with Gasteiger partial charge in [0.25, 0.3) is 0 Å². The lowest BCUT2D eigenvalue weighted by molar-refractivity contribution is 0.482. The van der Waals surface area contributed by atoms with Gasteiger partial charge in [-0.3, -0.25) is 0 Å². The van der Waals surface area contributed by atoms with E-state index in [1.807, 2.05) is 109 Å². The van der Waals surface area contributed by atoms with Gasteiger partial charge in [-0.25, -0.2) is 8.78 Å². The van der Waals surface area contributed by atoms with E-state index in [-0.39, 0.29) is 22.5 Å². The van der Waals surface area contributed by atoms with Gasteiger partial charge in [0.2, 0.25) is 0 Å². The van der Waals surface area contributed by atoms with Crippen LogP contribution in [0.15, 0.2) is 333 Å². The molecule has 2 atom stereocenters. The largest absolute Gasteiger partial charge is 0.457 e. The highest BCUT2D eigenvalue weighted by molar-refractivity contribution is 6.19. The summed E-state index contributed by atoms with van der Waals surface area (Å²) in [6, 6.07) is 108. The SMILES string of the molecule is C=Cc1ccc(Oc2ccc(C3(c4ccc(C(C)(C)C)cc4)c4ccccc4-c4ccc(N(c5ccc(F)cc5)c5cccc6oc7cccc(N(c8ccc(F)cc8)c8ccc9c(c8)C(c8ccc(Oc%10ccc(C=C)cc%10)cc8)(c8ccc(C(C)(C)C)cc8)c8ccccc8-9)c7c56)cc43)cc2)cc1. The van der Waals surface area contributed by atoms with Crippen LogP contribution in [-0.4, -0.2) is 0 Å². The maximum Gasteiger partial charge on any atom is 0.137 e. The summed E-state index contributed by atoms with van der Waals surface area (Å²) < 4.78 is 51.4. The van der Waals surface area contributed by atoms with E-state index < -0.39 is 10.8 Å². The lowest BCUT2D eigenvalue weighted by atomic mass is 9.67. The van der Waals surface area contributed by atoms with E-state index in [1.165, 1.54) is 35.4 Å². The number of ether oxygens (including phenoxy) is 2. The standard InChI is InChI=1S/C98H76F2N2O3/c1-9-63-25-51-77(52-26-63)103-79-55-37-69(38-56-79)97(67-33-29-65(30-34-67)95(3,4)5)85-19-13-11-17-81(85)83-59-49-75(61-87(83)97)101(73-45-41-71(99)42-46-73)89-21-15-23-91-93(89)94-90(22-16-24-92(94)105-91)102(74-47-43-72(100)44-48-74)76-50-60-84-82-18-12-14-20-86(82)98(88(84)62-76,68-35-31-66(32-36-68)96(6,7)8)70-39-57-80(58-40-70)104-78-53-27-64(10-2)28-54-78/h9-62H,1-2H2,3-8H3. The van der Waals surface area contributed by atoms with E-state index in [0.29, 0.717) is 22.7 Å². The van der Waals surface area contributed by atoms with Crippen molar-refractivity contribution in [2.24, 2.45) is 0 Å². The molecule has 0 aliphatic heterocycles. The Labute approximate surface area is 612 Å². The Morgan fingerprint density at radius 2 is 0.638 bits per heavy atom. The quantitative estimate of drug-likeness (QED) is 0.0964. The predicted molar refractivity (Wildman–Crippen MR) is 428 cm³/mol. The highest BCUT2D eigenvalue weighted by Crippen LogP contribution is 2.61. The number of rotatable bonds is 16. The number of fused-ring (bicyclic) bond motifs is 9. The van der Waals surface area contributed by atoms with Crippen molar-refractivity contribution in [3.05, 3.63) is 407 Å². The van der Waals surface area contributed by atoms with Crippen LogP contribution in [-0.2, 0) is 21.7 Å². The molecular weight excluding hydrogens is 1290 g/mol. The van der Waals surface area contributed by atoms with Crippen LogP contribution in [0.4, 0.5) is 42.9 Å². The number of hydrogen-bond acceptors (Lipinski definition) is 5. The van der Waals surface area contributed by atoms with E-state index in [9.17, 15) is 0 Å². The van der Waals surface area contributed by atoms with E-state index in [2.05, 4.69) is 259 Å². The molecular formula is C98H76F2N2O3. The Hall–Kier alpha value is -12.6. The third-order valence-corrected chi connectivity index (χ3v) is 21.3. The Kier molecular flexibility index (Phi) is 16.1. The molecule has 0 radical (unpaired) electrons. The number of hydrogen-bond donors (Lipinski definition) is 0. The van der Waals surface area contributed by atoms with Crippen LogP contribution in [0, 0.1) is 11.6 Å². The Balaban J connectivity index is 0.868. The van der Waals surface area contributed by atoms with Gasteiger partial charge in [-0.15, -0.1) is 0 Å². The van der Waals surface area contributed by atoms with E-state index in [1.54, 1.807) is 0 Å². The molecule has 17 rings (SSSR count). The summed E-state index contributed by atoms with van der Waals surface area (Å²) in [5.74, 6) is 2.16. The molecule has 0 saturated carbocycles. The normalized spacial score (nSPS) is 15.0. The van der Waals surface area contributed by atoms with Crippen molar-refractivity contribution in [2.45, 2.75) is 63.2 Å². The number of halogens is 2. The molecule has 14 aromatic carbocycles. The van der Waals surface area contributed by atoms with Crippen LogP contribution in [0.25, 0.3) is 56.3 Å². The molecule has 510 valence electrons. The van der Waals surface area contributed by atoms with Gasteiger partial charge in [0, 0.05) is 22.7 Å². The zero-order valence-corrected chi connectivity index (χ0v) is 59.5. The van der Waals surface area contributed by atoms with Crippen LogP contribution in [0.5, 0.6) is 23.0 Å². The zero-order chi connectivity index (χ0) is 71.9. The molecule has 0 fully saturated rings. The summed E-state index contributed by atoms with van der Waals surface area (Å²) in [7, 11) is 0. The smallest absolute Gasteiger partial charge is 0.137 e. The molecule has 1 aromatic heterocycles. The molecule has 2 aliphatic carbocycles. The second-order valence-electron chi connectivity index (χ2n) is 29.5. The Morgan fingerprint density at radius 3 is 0.981 bits per heavy atom. The van der Waals surface area contributed by atoms with E-state index >= 15 is 8.78 Å². The van der Waals surface area contributed by atoms with Crippen molar-refractivity contribution in [1.82, 2.24) is 0 Å². The molecule has 2 aliphatic rings. The summed E-state index contributed by atoms with van der Waals surface area (Å²) in [4.78, 5) is 4.48. The second-order valence-corrected chi connectivity index (χ2v) is 29.5. The fraction of sp³-hybridized carbons (Fsp3) is 0.102. The molecule has 15 aromatic rings. The fourth-order valence-corrected chi connectivity index (χ4v) is 16.2. The van der Waals surface area contributed by atoms with Crippen molar-refractivity contribution in [3.8, 4) is 45.3 Å². The third-order valence-electron chi connectivity index (χ3n) is 21.3. The van der Waals surface area contributed by atoms with Gasteiger partial charge < -0.3 is 23.7 Å². The van der Waals surface area contributed by atoms with Gasteiger partial charge in [0.15, 0.2) is 0 Å². The molecule has 0 bridgehead atoms. The van der Waals surface area contributed by atoms with Crippen LogP contribution in [0.3, 0.4) is 0 Å². The van der Waals surface area contributed by atoms with Crippen LogP contribution in [0.1, 0.15) is 108 Å². The molecule has 2 unspecified atom stereocenters. The number of furan rings is 1. The summed E-state index contributed by atoms with van der Waals surface area (Å²) in [5.41, 5.74) is 21.9. The van der Waals surface area contributed by atoms with Gasteiger partial charge in [0.05, 0.1) is 33.0 Å². The highest BCUT2D eigenvalue weighted by Gasteiger charge is 2.49. The molecule has 5 nitrogen and oxygen atoms in total. The first-order valence-corrected chi connectivity index (χ1v) is 35.8. The van der Waals surface area contributed by atoms with Crippen molar-refractivity contribution in [2.75, 3.05) is 9.80 Å². The fourth-order valence-electron chi connectivity index (χ4n) is 16.2. The molecule has 0 saturated heterocycles. The molecule has 0 amide bonds. The molecule has 7 heteroatoms. The maximum atomic E-state index is 15.6. The summed E-state index contributed by atoms with van der Waals surface area (Å²) >= 11 is 0.